The summed E-state index contributed by atoms with van der Waals surface area (Å²) in [6.07, 6.45) is 8.53. The van der Waals surface area contributed by atoms with Crippen molar-refractivity contribution in [3.05, 3.63) is 77.2 Å². The minimum absolute atomic E-state index is 0.0713. The van der Waals surface area contributed by atoms with Crippen LogP contribution in [-0.2, 0) is 6.42 Å². The molecule has 2 aliphatic rings. The van der Waals surface area contributed by atoms with Crippen LogP contribution in [0.3, 0.4) is 0 Å². The second-order valence-electron chi connectivity index (χ2n) is 10.3. The van der Waals surface area contributed by atoms with E-state index in [0.717, 1.165) is 43.4 Å². The van der Waals surface area contributed by atoms with E-state index in [1.807, 2.05) is 0 Å². The first kappa shape index (κ1) is 25.0. The number of rotatable bonds is 9. The van der Waals surface area contributed by atoms with Crippen molar-refractivity contribution in [2.24, 2.45) is 5.92 Å². The summed E-state index contributed by atoms with van der Waals surface area (Å²) in [6.45, 7) is 6.33. The molecule has 36 heavy (non-hydrogen) atoms. The molecule has 5 rings (SSSR count). The average Bonchev–Trinajstić information content (AvgIpc) is 3.39. The third kappa shape index (κ3) is 6.57. The highest BCUT2D eigenvalue weighted by molar-refractivity contribution is 7.18. The molecule has 0 atom stereocenters. The lowest BCUT2D eigenvalue weighted by Gasteiger charge is -2.32. The first-order chi connectivity index (χ1) is 17.8. The predicted molar refractivity (Wildman–Crippen MR) is 152 cm³/mol. The van der Waals surface area contributed by atoms with Crippen LogP contribution < -0.4 is 10.2 Å². The Morgan fingerprint density at radius 2 is 1.58 bits per heavy atom. The Kier molecular flexibility index (Phi) is 8.73. The molecule has 3 aromatic rings. The van der Waals surface area contributed by atoms with Crippen molar-refractivity contribution in [2.75, 3.05) is 44.2 Å². The van der Waals surface area contributed by atoms with Gasteiger partial charge >= 0.3 is 0 Å². The van der Waals surface area contributed by atoms with Gasteiger partial charge in [0, 0.05) is 25.2 Å². The monoisotopic (exact) mass is 501 g/mol. The zero-order valence-corrected chi connectivity index (χ0v) is 22.1. The van der Waals surface area contributed by atoms with E-state index in [9.17, 15) is 4.79 Å². The maximum atomic E-state index is 13.1. The van der Waals surface area contributed by atoms with Gasteiger partial charge in [0.25, 0.3) is 5.91 Å². The van der Waals surface area contributed by atoms with Gasteiger partial charge in [0.1, 0.15) is 0 Å². The molecule has 3 heterocycles. The van der Waals surface area contributed by atoms with Gasteiger partial charge in [-0.25, -0.2) is 0 Å². The molecule has 2 saturated heterocycles. The van der Waals surface area contributed by atoms with Crippen molar-refractivity contribution in [1.29, 1.82) is 0 Å². The molecule has 0 aliphatic carbocycles. The highest BCUT2D eigenvalue weighted by Crippen LogP contribution is 2.40. The summed E-state index contributed by atoms with van der Waals surface area (Å²) in [5.74, 6) is 0.872. The summed E-state index contributed by atoms with van der Waals surface area (Å²) >= 11 is 1.66. The van der Waals surface area contributed by atoms with E-state index in [1.165, 1.54) is 73.3 Å². The smallest absolute Gasteiger partial charge is 0.261 e. The van der Waals surface area contributed by atoms with Crippen molar-refractivity contribution in [3.63, 3.8) is 0 Å². The topological polar surface area (TPSA) is 35.6 Å². The van der Waals surface area contributed by atoms with Gasteiger partial charge in [0.05, 0.1) is 9.88 Å². The third-order valence-electron chi connectivity index (χ3n) is 7.68. The number of hydrogen-bond donors (Lipinski definition) is 1. The molecule has 0 saturated carbocycles. The molecule has 2 aromatic carbocycles. The van der Waals surface area contributed by atoms with Crippen LogP contribution in [0.5, 0.6) is 0 Å². The fraction of sp³-hybridized carbons (Fsp3) is 0.452. The molecule has 2 aliphatic heterocycles. The standard InChI is InChI=1S/C31H39N3OS/c35-30(32-17-10-18-33-21-15-26(16-22-33)23-25-11-4-1-5-12-25)29-24-28(27-13-6-2-7-14-27)31(36-29)34-19-8-3-9-20-34/h1-2,4-7,11-14,24,26H,3,8-10,15-23H2,(H,32,35). The number of hydrogen-bond acceptors (Lipinski definition) is 4. The fourth-order valence-electron chi connectivity index (χ4n) is 5.60. The summed E-state index contributed by atoms with van der Waals surface area (Å²) < 4.78 is 0. The van der Waals surface area contributed by atoms with Crippen molar-refractivity contribution in [2.45, 2.75) is 44.9 Å². The lowest BCUT2D eigenvalue weighted by molar-refractivity contribution is 0.0954. The van der Waals surface area contributed by atoms with Gasteiger partial charge in [-0.15, -0.1) is 11.3 Å². The van der Waals surface area contributed by atoms with Crippen molar-refractivity contribution in [1.82, 2.24) is 10.2 Å². The first-order valence-corrected chi connectivity index (χ1v) is 14.6. The van der Waals surface area contributed by atoms with Crippen molar-refractivity contribution < 1.29 is 4.79 Å². The molecule has 5 heteroatoms. The minimum atomic E-state index is 0.0713. The molecule has 2 fully saturated rings. The van der Waals surface area contributed by atoms with Crippen LogP contribution in [0.25, 0.3) is 11.1 Å². The number of piperidine rings is 2. The second-order valence-corrected chi connectivity index (χ2v) is 11.4. The molecule has 0 bridgehead atoms. The molecular formula is C31H39N3OS. The quantitative estimate of drug-likeness (QED) is 0.341. The van der Waals surface area contributed by atoms with E-state index in [1.54, 1.807) is 11.3 Å². The van der Waals surface area contributed by atoms with Gasteiger partial charge in [0.15, 0.2) is 0 Å². The SMILES string of the molecule is O=C(NCCCN1CCC(Cc2ccccc2)CC1)c1cc(-c2ccccc2)c(N2CCCCC2)s1. The predicted octanol–water partition coefficient (Wildman–Crippen LogP) is 6.48. The van der Waals surface area contributed by atoms with Crippen LogP contribution in [0.1, 0.15) is 53.8 Å². The zero-order valence-electron chi connectivity index (χ0n) is 21.3. The average molecular weight is 502 g/mol. The summed E-state index contributed by atoms with van der Waals surface area (Å²) in [4.78, 5) is 18.9. The van der Waals surface area contributed by atoms with Gasteiger partial charge in [0.2, 0.25) is 0 Å². The molecule has 1 aromatic heterocycles. The highest BCUT2D eigenvalue weighted by Gasteiger charge is 2.22. The molecule has 1 N–H and O–H groups in total. The minimum Gasteiger partial charge on any atom is -0.363 e. The number of amides is 1. The van der Waals surface area contributed by atoms with E-state index < -0.39 is 0 Å². The van der Waals surface area contributed by atoms with Crippen LogP contribution >= 0.6 is 11.3 Å². The molecule has 190 valence electrons. The lowest BCUT2D eigenvalue weighted by atomic mass is 9.90. The van der Waals surface area contributed by atoms with E-state index in [-0.39, 0.29) is 5.91 Å². The number of nitrogens with one attached hydrogen (secondary N) is 1. The summed E-state index contributed by atoms with van der Waals surface area (Å²) in [7, 11) is 0. The number of carbonyl (C=O) groups excluding carboxylic acids is 1. The Labute approximate surface area is 220 Å². The maximum absolute atomic E-state index is 13.1. The van der Waals surface area contributed by atoms with Gasteiger partial charge in [-0.2, -0.15) is 0 Å². The van der Waals surface area contributed by atoms with Crippen LogP contribution in [0, 0.1) is 5.92 Å². The summed E-state index contributed by atoms with van der Waals surface area (Å²) in [6, 6.07) is 23.5. The first-order valence-electron chi connectivity index (χ1n) is 13.7. The number of benzene rings is 2. The van der Waals surface area contributed by atoms with Gasteiger partial charge in [-0.1, -0.05) is 60.7 Å². The largest absolute Gasteiger partial charge is 0.363 e. The second kappa shape index (κ2) is 12.6. The Morgan fingerprint density at radius 3 is 2.31 bits per heavy atom. The number of anilines is 1. The number of carbonyl (C=O) groups is 1. The molecular weight excluding hydrogens is 462 g/mol. The van der Waals surface area contributed by atoms with Gasteiger partial charge in [-0.3, -0.25) is 4.79 Å². The van der Waals surface area contributed by atoms with E-state index in [0.29, 0.717) is 0 Å². The zero-order chi connectivity index (χ0) is 24.6. The number of likely N-dealkylation sites (tertiary alicyclic amines) is 1. The van der Waals surface area contributed by atoms with E-state index in [4.69, 9.17) is 0 Å². The lowest BCUT2D eigenvalue weighted by Crippen LogP contribution is -2.36. The Bertz CT molecular complexity index is 1080. The van der Waals surface area contributed by atoms with Crippen LogP contribution in [0.15, 0.2) is 66.7 Å². The maximum Gasteiger partial charge on any atom is 0.261 e. The highest BCUT2D eigenvalue weighted by atomic mass is 32.1. The number of nitrogens with zero attached hydrogens (tertiary/aromatic N) is 2. The molecule has 0 radical (unpaired) electrons. The third-order valence-corrected chi connectivity index (χ3v) is 8.87. The van der Waals surface area contributed by atoms with Crippen molar-refractivity contribution in [3.8, 4) is 11.1 Å². The molecule has 1 amide bonds. The Hall–Kier alpha value is -2.63. The molecule has 0 spiro atoms. The fourth-order valence-corrected chi connectivity index (χ4v) is 6.75. The van der Waals surface area contributed by atoms with E-state index >= 15 is 0 Å². The molecule has 0 unspecified atom stereocenters. The summed E-state index contributed by atoms with van der Waals surface area (Å²) in [5, 5.41) is 4.46. The number of thiophene rings is 1. The van der Waals surface area contributed by atoms with Crippen molar-refractivity contribution >= 4 is 22.2 Å². The van der Waals surface area contributed by atoms with Crippen LogP contribution in [-0.4, -0.2) is 50.1 Å². The van der Waals surface area contributed by atoms with Gasteiger partial charge in [-0.05, 0) is 87.7 Å². The molecule has 4 nitrogen and oxygen atoms in total. The van der Waals surface area contributed by atoms with Crippen LogP contribution in [0.4, 0.5) is 5.00 Å². The van der Waals surface area contributed by atoms with Gasteiger partial charge < -0.3 is 15.1 Å². The normalized spacial score (nSPS) is 17.3. The summed E-state index contributed by atoms with van der Waals surface area (Å²) in [5.41, 5.74) is 3.86. The van der Waals surface area contributed by atoms with E-state index in [2.05, 4.69) is 81.8 Å². The van der Waals surface area contributed by atoms with Crippen LogP contribution in [0.2, 0.25) is 0 Å². The Balaban J connectivity index is 1.10. The Morgan fingerprint density at radius 1 is 0.889 bits per heavy atom.